The smallest absolute Gasteiger partial charge is 0.408 e. The summed E-state index contributed by atoms with van der Waals surface area (Å²) in [5.74, 6) is -1.03. The lowest BCUT2D eigenvalue weighted by Crippen LogP contribution is -2.60. The monoisotopic (exact) mass is 479 g/mol. The van der Waals surface area contributed by atoms with Crippen LogP contribution in [-0.4, -0.2) is 62.3 Å². The number of hydrogen-bond acceptors (Lipinski definition) is 6. The summed E-state index contributed by atoms with van der Waals surface area (Å²) in [5.41, 5.74) is -1.24. The fraction of sp³-hybridized carbons (Fsp3) is 0.640. The first-order valence-corrected chi connectivity index (χ1v) is 11.3. The molecule has 0 aliphatic carbocycles. The standard InChI is InChI=1S/C25H41N3O6/c1-15-13-16(11-12-18(15)30)19(20(31)27-23(2,3)4)28(24(5,6)7)21(32)17(14-29)26-22(33)34-25(8,9)10/h11-13,17,19,29-30H,14H2,1-10H3,(H,26,33)(H,27,31). The maximum absolute atomic E-state index is 13.7. The third-order valence-electron chi connectivity index (χ3n) is 4.67. The topological polar surface area (TPSA) is 128 Å². The molecule has 0 saturated carbocycles. The third kappa shape index (κ3) is 8.52. The van der Waals surface area contributed by atoms with Crippen molar-refractivity contribution in [3.63, 3.8) is 0 Å². The van der Waals surface area contributed by atoms with Crippen molar-refractivity contribution in [3.8, 4) is 5.75 Å². The molecule has 0 aliphatic rings. The zero-order valence-corrected chi connectivity index (χ0v) is 22.1. The lowest BCUT2D eigenvalue weighted by molar-refractivity contribution is -0.149. The predicted molar refractivity (Wildman–Crippen MR) is 130 cm³/mol. The second-order valence-electron chi connectivity index (χ2n) is 11.4. The molecule has 0 saturated heterocycles. The summed E-state index contributed by atoms with van der Waals surface area (Å²) in [6, 6.07) is 2.26. The largest absolute Gasteiger partial charge is 0.508 e. The Hall–Kier alpha value is -2.81. The van der Waals surface area contributed by atoms with Crippen LogP contribution in [-0.2, 0) is 14.3 Å². The van der Waals surface area contributed by atoms with E-state index in [0.717, 1.165) is 0 Å². The van der Waals surface area contributed by atoms with Crippen LogP contribution in [0.5, 0.6) is 5.75 Å². The number of aromatic hydroxyl groups is 1. The number of phenolic OH excluding ortho intramolecular Hbond substituents is 1. The zero-order chi connectivity index (χ0) is 26.6. The highest BCUT2D eigenvalue weighted by atomic mass is 16.6. The molecular formula is C25H41N3O6. The number of amides is 3. The summed E-state index contributed by atoms with van der Waals surface area (Å²) >= 11 is 0. The lowest BCUT2D eigenvalue weighted by Gasteiger charge is -2.43. The first-order chi connectivity index (χ1) is 15.3. The molecule has 2 unspecified atom stereocenters. The predicted octanol–water partition coefficient (Wildman–Crippen LogP) is 3.17. The molecule has 0 spiro atoms. The Balaban J connectivity index is 3.56. The van der Waals surface area contributed by atoms with E-state index in [4.69, 9.17) is 4.74 Å². The van der Waals surface area contributed by atoms with Gasteiger partial charge in [-0.25, -0.2) is 4.79 Å². The first kappa shape index (κ1) is 29.2. The summed E-state index contributed by atoms with van der Waals surface area (Å²) < 4.78 is 5.23. The maximum Gasteiger partial charge on any atom is 0.408 e. The SMILES string of the molecule is Cc1cc(C(C(=O)NC(C)(C)C)N(C(=O)C(CO)NC(=O)OC(C)(C)C)C(C)(C)C)ccc1O. The van der Waals surface area contributed by atoms with Crippen molar-refractivity contribution >= 4 is 17.9 Å². The summed E-state index contributed by atoms with van der Waals surface area (Å²) in [6.45, 7) is 16.8. The van der Waals surface area contributed by atoms with Crippen LogP contribution in [0, 0.1) is 6.92 Å². The van der Waals surface area contributed by atoms with Gasteiger partial charge < -0.3 is 30.5 Å². The number of benzene rings is 1. The summed E-state index contributed by atoms with van der Waals surface area (Å²) in [4.78, 5) is 40.9. The van der Waals surface area contributed by atoms with Crippen LogP contribution in [0.2, 0.25) is 0 Å². The van der Waals surface area contributed by atoms with E-state index in [1.807, 2.05) is 20.8 Å². The van der Waals surface area contributed by atoms with Crippen LogP contribution >= 0.6 is 0 Å². The summed E-state index contributed by atoms with van der Waals surface area (Å²) in [6.07, 6.45) is -0.857. The van der Waals surface area contributed by atoms with Gasteiger partial charge in [0, 0.05) is 11.1 Å². The second-order valence-corrected chi connectivity index (χ2v) is 11.4. The van der Waals surface area contributed by atoms with Crippen molar-refractivity contribution in [1.82, 2.24) is 15.5 Å². The van der Waals surface area contributed by atoms with Crippen LogP contribution in [0.25, 0.3) is 0 Å². The van der Waals surface area contributed by atoms with Gasteiger partial charge in [-0.15, -0.1) is 0 Å². The van der Waals surface area contributed by atoms with Crippen molar-refractivity contribution in [2.24, 2.45) is 0 Å². The number of aliphatic hydroxyl groups is 1. The number of aryl methyl sites for hydroxylation is 1. The molecule has 1 aromatic carbocycles. The lowest BCUT2D eigenvalue weighted by atomic mass is 9.93. The average Bonchev–Trinajstić information content (AvgIpc) is 2.62. The minimum absolute atomic E-state index is 0.0622. The van der Waals surface area contributed by atoms with Crippen molar-refractivity contribution in [2.45, 2.75) is 98.0 Å². The van der Waals surface area contributed by atoms with Crippen molar-refractivity contribution < 1.29 is 29.3 Å². The van der Waals surface area contributed by atoms with Crippen molar-refractivity contribution in [2.75, 3.05) is 6.61 Å². The number of nitrogens with zero attached hydrogens (tertiary/aromatic N) is 1. The Kier molecular flexibility index (Phi) is 9.14. The molecule has 4 N–H and O–H groups in total. The Morgan fingerprint density at radius 3 is 2.00 bits per heavy atom. The Labute approximate surface area is 202 Å². The van der Waals surface area contributed by atoms with E-state index in [1.165, 1.54) is 11.0 Å². The normalized spacial score (nSPS) is 14.1. The minimum Gasteiger partial charge on any atom is -0.508 e. The highest BCUT2D eigenvalue weighted by molar-refractivity contribution is 5.93. The van der Waals surface area contributed by atoms with Crippen LogP contribution in [0.3, 0.4) is 0 Å². The number of hydrogen-bond donors (Lipinski definition) is 4. The van der Waals surface area contributed by atoms with E-state index in [2.05, 4.69) is 10.6 Å². The first-order valence-electron chi connectivity index (χ1n) is 11.3. The second kappa shape index (κ2) is 10.6. The molecule has 2 atom stereocenters. The van der Waals surface area contributed by atoms with Gasteiger partial charge in [-0.2, -0.15) is 0 Å². The molecule has 3 amide bonds. The van der Waals surface area contributed by atoms with E-state index >= 15 is 0 Å². The number of rotatable bonds is 6. The number of ether oxygens (including phenoxy) is 1. The van der Waals surface area contributed by atoms with Gasteiger partial charge in [0.1, 0.15) is 23.4 Å². The van der Waals surface area contributed by atoms with E-state index in [-0.39, 0.29) is 5.75 Å². The van der Waals surface area contributed by atoms with Crippen molar-refractivity contribution in [3.05, 3.63) is 29.3 Å². The fourth-order valence-electron chi connectivity index (χ4n) is 3.35. The molecular weight excluding hydrogens is 438 g/mol. The Morgan fingerprint density at radius 2 is 1.59 bits per heavy atom. The average molecular weight is 480 g/mol. The quantitative estimate of drug-likeness (QED) is 0.496. The molecule has 0 heterocycles. The van der Waals surface area contributed by atoms with Gasteiger partial charge in [0.2, 0.25) is 11.8 Å². The number of alkyl carbamates (subject to hydrolysis) is 1. The van der Waals surface area contributed by atoms with Gasteiger partial charge in [-0.05, 0) is 92.5 Å². The highest BCUT2D eigenvalue weighted by Gasteiger charge is 2.42. The molecule has 34 heavy (non-hydrogen) atoms. The van der Waals surface area contributed by atoms with Crippen LogP contribution in [0.1, 0.15) is 79.5 Å². The van der Waals surface area contributed by atoms with Gasteiger partial charge >= 0.3 is 6.09 Å². The fourth-order valence-corrected chi connectivity index (χ4v) is 3.35. The molecule has 0 radical (unpaired) electrons. The van der Waals surface area contributed by atoms with Crippen molar-refractivity contribution in [1.29, 1.82) is 0 Å². The summed E-state index contributed by atoms with van der Waals surface area (Å²) in [7, 11) is 0. The Bertz CT molecular complexity index is 893. The number of aliphatic hydroxyl groups excluding tert-OH is 1. The van der Waals surface area contributed by atoms with Gasteiger partial charge in [-0.1, -0.05) is 6.07 Å². The number of carbonyl (C=O) groups excluding carboxylic acids is 3. The highest BCUT2D eigenvalue weighted by Crippen LogP contribution is 2.32. The zero-order valence-electron chi connectivity index (χ0n) is 22.1. The minimum atomic E-state index is -1.34. The van der Waals surface area contributed by atoms with Gasteiger partial charge in [-0.3, -0.25) is 9.59 Å². The molecule has 1 aromatic rings. The molecule has 9 heteroatoms. The molecule has 0 aromatic heterocycles. The Morgan fingerprint density at radius 1 is 1.03 bits per heavy atom. The summed E-state index contributed by atoms with van der Waals surface area (Å²) in [5, 5.41) is 25.3. The molecule has 0 bridgehead atoms. The van der Waals surface area contributed by atoms with Gasteiger partial charge in [0.25, 0.3) is 0 Å². The molecule has 0 aliphatic heterocycles. The van der Waals surface area contributed by atoms with Crippen LogP contribution in [0.15, 0.2) is 18.2 Å². The number of phenols is 1. The number of nitrogens with one attached hydrogen (secondary N) is 2. The molecule has 0 fully saturated rings. The van der Waals surface area contributed by atoms with E-state index < -0.39 is 53.3 Å². The van der Waals surface area contributed by atoms with E-state index in [1.54, 1.807) is 60.6 Å². The third-order valence-corrected chi connectivity index (χ3v) is 4.67. The number of carbonyl (C=O) groups is 3. The van der Waals surface area contributed by atoms with Gasteiger partial charge in [0.15, 0.2) is 0 Å². The van der Waals surface area contributed by atoms with Crippen LogP contribution in [0.4, 0.5) is 4.79 Å². The molecule has 1 rings (SSSR count). The maximum atomic E-state index is 13.7. The van der Waals surface area contributed by atoms with Crippen LogP contribution < -0.4 is 10.6 Å². The molecule has 9 nitrogen and oxygen atoms in total. The van der Waals surface area contributed by atoms with E-state index in [9.17, 15) is 24.6 Å². The van der Waals surface area contributed by atoms with E-state index in [0.29, 0.717) is 11.1 Å². The molecule has 192 valence electrons. The van der Waals surface area contributed by atoms with Gasteiger partial charge in [0.05, 0.1) is 6.61 Å².